The Labute approximate surface area is 90.1 Å². The first-order valence-corrected chi connectivity index (χ1v) is 5.38. The summed E-state index contributed by atoms with van der Waals surface area (Å²) >= 11 is 0. The minimum Gasteiger partial charge on any atom is -0.384 e. The fraction of sp³-hybridized carbons (Fsp3) is 0.500. The number of anilines is 1. The maximum atomic E-state index is 8.71. The second kappa shape index (κ2) is 3.90. The molecule has 1 heterocycles. The molecule has 0 amide bonds. The van der Waals surface area contributed by atoms with Crippen molar-refractivity contribution in [2.75, 3.05) is 11.9 Å². The average Bonchev–Trinajstić information content (AvgIpc) is 3.07. The van der Waals surface area contributed by atoms with Gasteiger partial charge in [0.25, 0.3) is 0 Å². The third-order valence-electron chi connectivity index (χ3n) is 3.25. The van der Waals surface area contributed by atoms with Crippen LogP contribution in [-0.4, -0.2) is 11.5 Å². The Kier molecular flexibility index (Phi) is 2.59. The molecule has 2 rings (SSSR count). The number of aromatic nitrogens is 1. The van der Waals surface area contributed by atoms with Crippen LogP contribution in [0.4, 0.5) is 5.69 Å². The first-order valence-electron chi connectivity index (χ1n) is 5.38. The van der Waals surface area contributed by atoms with Crippen molar-refractivity contribution in [2.45, 2.75) is 26.2 Å². The third-order valence-corrected chi connectivity index (χ3v) is 3.25. The molecule has 0 bridgehead atoms. The lowest BCUT2D eigenvalue weighted by molar-refractivity contribution is 0.521. The molecular weight excluding hydrogens is 186 g/mol. The van der Waals surface area contributed by atoms with Crippen molar-refractivity contribution in [1.82, 2.24) is 4.98 Å². The molecule has 1 saturated carbocycles. The largest absolute Gasteiger partial charge is 0.384 e. The molecule has 78 valence electrons. The fourth-order valence-electron chi connectivity index (χ4n) is 1.72. The second-order valence-electron chi connectivity index (χ2n) is 4.25. The minimum absolute atomic E-state index is 0.473. The monoisotopic (exact) mass is 201 g/mol. The van der Waals surface area contributed by atoms with E-state index in [-0.39, 0.29) is 0 Å². The maximum absolute atomic E-state index is 8.71. The Morgan fingerprint density at radius 3 is 3.00 bits per heavy atom. The van der Waals surface area contributed by atoms with Gasteiger partial charge in [-0.1, -0.05) is 6.92 Å². The van der Waals surface area contributed by atoms with Crippen LogP contribution < -0.4 is 5.32 Å². The molecule has 1 aliphatic rings. The molecule has 0 radical (unpaired) electrons. The summed E-state index contributed by atoms with van der Waals surface area (Å²) in [5.41, 5.74) is 2.00. The summed E-state index contributed by atoms with van der Waals surface area (Å²) in [6.45, 7) is 3.25. The van der Waals surface area contributed by atoms with E-state index in [0.29, 0.717) is 11.1 Å². The van der Waals surface area contributed by atoms with E-state index >= 15 is 0 Å². The number of nitrogens with zero attached hydrogens (tertiary/aromatic N) is 2. The van der Waals surface area contributed by atoms with Crippen molar-refractivity contribution in [3.63, 3.8) is 0 Å². The number of nitrogens with one attached hydrogen (secondary N) is 1. The Bertz CT molecular complexity index is 388. The molecule has 0 unspecified atom stereocenters. The van der Waals surface area contributed by atoms with Gasteiger partial charge in [-0.05, 0) is 36.8 Å². The van der Waals surface area contributed by atoms with Crippen molar-refractivity contribution >= 4 is 5.69 Å². The maximum Gasteiger partial charge on any atom is 0.142 e. The van der Waals surface area contributed by atoms with Crippen LogP contribution in [-0.2, 0) is 0 Å². The summed E-state index contributed by atoms with van der Waals surface area (Å²) < 4.78 is 0. The highest BCUT2D eigenvalue weighted by molar-refractivity contribution is 5.46. The van der Waals surface area contributed by atoms with Gasteiger partial charge in [0, 0.05) is 18.4 Å². The number of hydrogen-bond acceptors (Lipinski definition) is 3. The normalized spacial score (nSPS) is 16.8. The quantitative estimate of drug-likeness (QED) is 0.814. The van der Waals surface area contributed by atoms with Crippen LogP contribution in [0.15, 0.2) is 18.3 Å². The summed E-state index contributed by atoms with van der Waals surface area (Å²) in [6.07, 6.45) is 5.56. The molecule has 1 N–H and O–H groups in total. The van der Waals surface area contributed by atoms with Gasteiger partial charge in [-0.25, -0.2) is 4.98 Å². The molecule has 3 heteroatoms. The van der Waals surface area contributed by atoms with Gasteiger partial charge in [-0.15, -0.1) is 0 Å². The second-order valence-corrected chi connectivity index (χ2v) is 4.25. The molecule has 1 aliphatic carbocycles. The summed E-state index contributed by atoms with van der Waals surface area (Å²) in [5.74, 6) is 0. The molecule has 1 aromatic heterocycles. The Balaban J connectivity index is 1.96. The van der Waals surface area contributed by atoms with Crippen molar-refractivity contribution in [2.24, 2.45) is 5.41 Å². The first-order chi connectivity index (χ1) is 7.28. The Morgan fingerprint density at radius 2 is 2.40 bits per heavy atom. The van der Waals surface area contributed by atoms with E-state index in [1.54, 1.807) is 12.3 Å². The van der Waals surface area contributed by atoms with Gasteiger partial charge in [0.1, 0.15) is 11.8 Å². The lowest BCUT2D eigenvalue weighted by Gasteiger charge is -2.14. The van der Waals surface area contributed by atoms with E-state index in [9.17, 15) is 0 Å². The number of rotatable bonds is 4. The van der Waals surface area contributed by atoms with Crippen molar-refractivity contribution in [3.05, 3.63) is 24.0 Å². The van der Waals surface area contributed by atoms with Crippen LogP contribution >= 0.6 is 0 Å². The lowest BCUT2D eigenvalue weighted by atomic mass is 10.0. The molecule has 1 aromatic rings. The topological polar surface area (TPSA) is 48.7 Å². The highest BCUT2D eigenvalue weighted by Crippen LogP contribution is 2.48. The number of pyridine rings is 1. The zero-order valence-electron chi connectivity index (χ0n) is 8.95. The zero-order valence-corrected chi connectivity index (χ0v) is 8.95. The highest BCUT2D eigenvalue weighted by Gasteiger charge is 2.40. The van der Waals surface area contributed by atoms with Crippen molar-refractivity contribution in [1.29, 1.82) is 5.26 Å². The zero-order chi connectivity index (χ0) is 10.7. The van der Waals surface area contributed by atoms with E-state index in [4.69, 9.17) is 5.26 Å². The average molecular weight is 201 g/mol. The third kappa shape index (κ3) is 2.27. The predicted octanol–water partition coefficient (Wildman–Crippen LogP) is 2.56. The van der Waals surface area contributed by atoms with Crippen LogP contribution in [0.3, 0.4) is 0 Å². The van der Waals surface area contributed by atoms with Gasteiger partial charge in [0.15, 0.2) is 0 Å². The summed E-state index contributed by atoms with van der Waals surface area (Å²) in [5, 5.41) is 12.1. The van der Waals surface area contributed by atoms with E-state index < -0.39 is 0 Å². The molecule has 0 saturated heterocycles. The summed E-state index contributed by atoms with van der Waals surface area (Å²) in [6, 6.07) is 5.75. The lowest BCUT2D eigenvalue weighted by Crippen LogP contribution is -2.14. The van der Waals surface area contributed by atoms with E-state index in [1.807, 2.05) is 12.1 Å². The molecule has 15 heavy (non-hydrogen) atoms. The van der Waals surface area contributed by atoms with Crippen LogP contribution in [0.5, 0.6) is 0 Å². The highest BCUT2D eigenvalue weighted by atomic mass is 14.9. The number of hydrogen-bond donors (Lipinski definition) is 1. The molecule has 3 nitrogen and oxygen atoms in total. The molecule has 0 atom stereocenters. The van der Waals surface area contributed by atoms with Crippen molar-refractivity contribution in [3.8, 4) is 6.07 Å². The van der Waals surface area contributed by atoms with Gasteiger partial charge in [0.2, 0.25) is 0 Å². The molecule has 0 aromatic carbocycles. The van der Waals surface area contributed by atoms with Gasteiger partial charge in [-0.2, -0.15) is 5.26 Å². The van der Waals surface area contributed by atoms with Gasteiger partial charge < -0.3 is 5.32 Å². The smallest absolute Gasteiger partial charge is 0.142 e. The minimum atomic E-state index is 0.473. The van der Waals surface area contributed by atoms with E-state index in [0.717, 1.165) is 12.2 Å². The molecular formula is C12H15N3. The first kappa shape index (κ1) is 9.97. The summed E-state index contributed by atoms with van der Waals surface area (Å²) in [7, 11) is 0. The Morgan fingerprint density at radius 1 is 1.60 bits per heavy atom. The molecule has 0 spiro atoms. The van der Waals surface area contributed by atoms with E-state index in [1.165, 1.54) is 19.3 Å². The van der Waals surface area contributed by atoms with Crippen LogP contribution in [0.1, 0.15) is 31.9 Å². The number of nitriles is 1. The molecule has 1 fully saturated rings. The van der Waals surface area contributed by atoms with Crippen LogP contribution in [0, 0.1) is 16.7 Å². The fourth-order valence-corrected chi connectivity index (χ4v) is 1.72. The SMILES string of the molecule is CCC1(CNc2ccnc(C#N)c2)CC1. The van der Waals surface area contributed by atoms with Crippen molar-refractivity contribution < 1.29 is 0 Å². The van der Waals surface area contributed by atoms with Crippen LogP contribution in [0.2, 0.25) is 0 Å². The van der Waals surface area contributed by atoms with Gasteiger partial charge in [0.05, 0.1) is 0 Å². The van der Waals surface area contributed by atoms with Gasteiger partial charge >= 0.3 is 0 Å². The van der Waals surface area contributed by atoms with Crippen LogP contribution in [0.25, 0.3) is 0 Å². The Hall–Kier alpha value is -1.56. The summed E-state index contributed by atoms with van der Waals surface area (Å²) in [4.78, 5) is 3.94. The van der Waals surface area contributed by atoms with Gasteiger partial charge in [-0.3, -0.25) is 0 Å². The van der Waals surface area contributed by atoms with E-state index in [2.05, 4.69) is 17.2 Å². The standard InChI is InChI=1S/C12H15N3/c1-2-12(4-5-12)9-15-10-3-6-14-11(7-10)8-13/h3,6-7H,2,4-5,9H2,1H3,(H,14,15). The molecule has 0 aliphatic heterocycles. The predicted molar refractivity (Wildman–Crippen MR) is 59.4 cm³/mol.